The molecule has 3 aromatic rings. The maximum absolute atomic E-state index is 12.1. The molecule has 1 saturated heterocycles. The molecule has 5 atom stereocenters. The standard InChI is InChI=1S/C23H23NO13/c1-33-13-3-8(36-23-20(28)19(27)18(26)15(6-25)37-23)2-10-9(13)4-12(24(31)32)16-11(22(29)30)5-14-21(17(10)16)35-7-34-14/h2-5,15,18-20,23,25-28,31-32H,6-7H2,1H3,(H,29,30)/t15-,18+,19+,20-,23+/m1/s1. The summed E-state index contributed by atoms with van der Waals surface area (Å²) in [5.41, 5.74) is -0.581. The second-order valence-corrected chi connectivity index (χ2v) is 8.43. The van der Waals surface area contributed by atoms with Crippen LogP contribution in [0.3, 0.4) is 0 Å². The molecule has 7 N–H and O–H groups in total. The molecule has 5 rings (SSSR count). The molecule has 0 spiro atoms. The summed E-state index contributed by atoms with van der Waals surface area (Å²) in [5, 5.41) is 70.1. The zero-order valence-corrected chi connectivity index (χ0v) is 19.1. The van der Waals surface area contributed by atoms with Crippen molar-refractivity contribution < 1.29 is 64.4 Å². The maximum Gasteiger partial charge on any atom is 0.336 e. The van der Waals surface area contributed by atoms with Gasteiger partial charge in [0.1, 0.15) is 41.6 Å². The van der Waals surface area contributed by atoms with Gasteiger partial charge in [-0.2, -0.15) is 0 Å². The summed E-state index contributed by atoms with van der Waals surface area (Å²) in [7, 11) is 1.34. The van der Waals surface area contributed by atoms with E-state index in [2.05, 4.69) is 0 Å². The highest BCUT2D eigenvalue weighted by Gasteiger charge is 2.44. The molecule has 0 bridgehead atoms. The summed E-state index contributed by atoms with van der Waals surface area (Å²) in [4.78, 5) is 12.1. The second-order valence-electron chi connectivity index (χ2n) is 8.43. The molecule has 198 valence electrons. The van der Waals surface area contributed by atoms with E-state index in [-0.39, 0.29) is 57.0 Å². The minimum Gasteiger partial charge on any atom is -0.496 e. The summed E-state index contributed by atoms with van der Waals surface area (Å²) in [6.07, 6.45) is -7.65. The molecule has 14 nitrogen and oxygen atoms in total. The van der Waals surface area contributed by atoms with E-state index in [0.29, 0.717) is 10.8 Å². The number of methoxy groups -OCH3 is 1. The average molecular weight is 521 g/mol. The summed E-state index contributed by atoms with van der Waals surface area (Å²) in [6, 6.07) is 5.33. The molecule has 0 amide bonds. The minimum atomic E-state index is -1.68. The van der Waals surface area contributed by atoms with Crippen molar-refractivity contribution >= 4 is 33.2 Å². The van der Waals surface area contributed by atoms with Crippen LogP contribution >= 0.6 is 0 Å². The third-order valence-corrected chi connectivity index (χ3v) is 6.35. The molecule has 0 aliphatic carbocycles. The number of carboxylic acid groups (broad SMARTS) is 1. The Morgan fingerprint density at radius 1 is 1.03 bits per heavy atom. The number of hydrogen-bond acceptors (Lipinski definition) is 13. The van der Waals surface area contributed by atoms with Gasteiger partial charge in [0.05, 0.1) is 19.3 Å². The van der Waals surface area contributed by atoms with E-state index in [4.69, 9.17) is 23.7 Å². The molecule has 2 heterocycles. The Morgan fingerprint density at radius 3 is 2.43 bits per heavy atom. The van der Waals surface area contributed by atoms with Crippen molar-refractivity contribution in [2.45, 2.75) is 30.7 Å². The molecular weight excluding hydrogens is 498 g/mol. The number of nitrogens with zero attached hydrogens (tertiary/aromatic N) is 1. The lowest BCUT2D eigenvalue weighted by molar-refractivity contribution is -0.277. The highest BCUT2D eigenvalue weighted by molar-refractivity contribution is 6.23. The fraction of sp³-hybridized carbons (Fsp3) is 0.348. The van der Waals surface area contributed by atoms with Gasteiger partial charge in [-0.05, 0) is 18.2 Å². The number of ether oxygens (including phenoxy) is 5. The number of anilines is 1. The summed E-state index contributed by atoms with van der Waals surface area (Å²) < 4.78 is 27.6. The molecule has 0 radical (unpaired) electrons. The fourth-order valence-corrected chi connectivity index (χ4v) is 4.59. The molecule has 3 aromatic carbocycles. The highest BCUT2D eigenvalue weighted by Crippen LogP contribution is 2.50. The van der Waals surface area contributed by atoms with Crippen LogP contribution in [0.2, 0.25) is 0 Å². The first-order valence-corrected chi connectivity index (χ1v) is 11.0. The van der Waals surface area contributed by atoms with Gasteiger partial charge in [0.15, 0.2) is 11.5 Å². The number of benzene rings is 3. The number of rotatable bonds is 6. The van der Waals surface area contributed by atoms with Crippen LogP contribution in [-0.2, 0) is 4.74 Å². The molecule has 14 heteroatoms. The summed E-state index contributed by atoms with van der Waals surface area (Å²) in [6.45, 7) is -0.862. The molecule has 37 heavy (non-hydrogen) atoms. The number of carboxylic acids is 1. The van der Waals surface area contributed by atoms with E-state index < -0.39 is 43.3 Å². The molecule has 2 aliphatic heterocycles. The Labute approximate surface area is 207 Å². The van der Waals surface area contributed by atoms with Crippen molar-refractivity contribution in [1.82, 2.24) is 0 Å². The van der Waals surface area contributed by atoms with Crippen LogP contribution in [0.15, 0.2) is 24.3 Å². The van der Waals surface area contributed by atoms with E-state index in [0.717, 1.165) is 0 Å². The summed E-state index contributed by atoms with van der Waals surface area (Å²) >= 11 is 0. The SMILES string of the molecule is COc1cc(O[C@H]2O[C@H](CO)[C@H](O)[C@H](O)[C@H]2O)cc2c1cc(N(O)O)c1c(C(=O)O)cc3c(c12)OCO3. The normalized spacial score (nSPS) is 24.9. The van der Waals surface area contributed by atoms with E-state index in [1.807, 2.05) is 0 Å². The first kappa shape index (κ1) is 25.0. The lowest BCUT2D eigenvalue weighted by Gasteiger charge is -2.39. The molecular formula is C23H23NO13. The van der Waals surface area contributed by atoms with Crippen LogP contribution in [0.5, 0.6) is 23.0 Å². The van der Waals surface area contributed by atoms with Gasteiger partial charge in [-0.3, -0.25) is 10.4 Å². The van der Waals surface area contributed by atoms with E-state index in [1.165, 1.54) is 31.4 Å². The van der Waals surface area contributed by atoms with Gasteiger partial charge in [0, 0.05) is 27.6 Å². The Hall–Kier alpha value is -3.63. The lowest BCUT2D eigenvalue weighted by atomic mass is 9.94. The average Bonchev–Trinajstić information content (AvgIpc) is 3.35. The largest absolute Gasteiger partial charge is 0.496 e. The van der Waals surface area contributed by atoms with Crippen LogP contribution in [0.25, 0.3) is 21.5 Å². The highest BCUT2D eigenvalue weighted by atomic mass is 16.8. The van der Waals surface area contributed by atoms with Crippen molar-refractivity contribution in [3.63, 3.8) is 0 Å². The number of hydrogen-bond donors (Lipinski definition) is 7. The number of carbonyl (C=O) groups is 1. The minimum absolute atomic E-state index is 0.0287. The van der Waals surface area contributed by atoms with Gasteiger partial charge in [0.25, 0.3) is 0 Å². The first-order valence-electron chi connectivity index (χ1n) is 11.0. The number of aliphatic hydroxyl groups excluding tert-OH is 4. The van der Waals surface area contributed by atoms with Crippen LogP contribution in [0.1, 0.15) is 10.4 Å². The fourth-order valence-electron chi connectivity index (χ4n) is 4.59. The molecule has 0 saturated carbocycles. The Bertz CT molecular complexity index is 1370. The zero-order chi connectivity index (χ0) is 26.6. The second kappa shape index (κ2) is 9.35. The van der Waals surface area contributed by atoms with Crippen molar-refractivity contribution in [3.05, 3.63) is 29.8 Å². The van der Waals surface area contributed by atoms with E-state index in [1.54, 1.807) is 0 Å². The van der Waals surface area contributed by atoms with Crippen molar-refractivity contribution in [1.29, 1.82) is 0 Å². The van der Waals surface area contributed by atoms with Crippen LogP contribution in [0.4, 0.5) is 5.69 Å². The number of aliphatic hydroxyl groups is 4. The third-order valence-electron chi connectivity index (χ3n) is 6.35. The molecule has 0 unspecified atom stereocenters. The van der Waals surface area contributed by atoms with Crippen molar-refractivity contribution in [2.75, 3.05) is 25.7 Å². The van der Waals surface area contributed by atoms with Gasteiger partial charge >= 0.3 is 5.97 Å². The Morgan fingerprint density at radius 2 is 1.78 bits per heavy atom. The molecule has 1 fully saturated rings. The van der Waals surface area contributed by atoms with Crippen molar-refractivity contribution in [3.8, 4) is 23.0 Å². The molecule has 0 aromatic heterocycles. The maximum atomic E-state index is 12.1. The van der Waals surface area contributed by atoms with E-state index in [9.17, 15) is 40.7 Å². The van der Waals surface area contributed by atoms with Crippen LogP contribution in [-0.4, -0.2) is 93.1 Å². The van der Waals surface area contributed by atoms with Gasteiger partial charge in [-0.1, -0.05) is 0 Å². The summed E-state index contributed by atoms with van der Waals surface area (Å²) in [5.74, 6) is -0.936. The number of fused-ring (bicyclic) bond motifs is 5. The van der Waals surface area contributed by atoms with E-state index >= 15 is 0 Å². The van der Waals surface area contributed by atoms with Gasteiger partial charge in [-0.25, -0.2) is 4.79 Å². The topological polar surface area (TPSA) is 208 Å². The Balaban J connectivity index is 1.75. The smallest absolute Gasteiger partial charge is 0.336 e. The monoisotopic (exact) mass is 521 g/mol. The van der Waals surface area contributed by atoms with Crippen LogP contribution in [0, 0.1) is 0 Å². The quantitative estimate of drug-likeness (QED) is 0.171. The van der Waals surface area contributed by atoms with Gasteiger partial charge in [0.2, 0.25) is 13.1 Å². The van der Waals surface area contributed by atoms with Gasteiger partial charge in [-0.15, -0.1) is 5.23 Å². The van der Waals surface area contributed by atoms with Crippen LogP contribution < -0.4 is 24.2 Å². The zero-order valence-electron chi connectivity index (χ0n) is 19.1. The first-order chi connectivity index (χ1) is 17.7. The third kappa shape index (κ3) is 4.00. The molecule has 2 aliphatic rings. The lowest BCUT2D eigenvalue weighted by Crippen LogP contribution is -2.60. The van der Waals surface area contributed by atoms with Crippen molar-refractivity contribution in [2.24, 2.45) is 0 Å². The predicted octanol–water partition coefficient (Wildman–Crippen LogP) is 0.192. The Kier molecular flexibility index (Phi) is 6.33. The van der Waals surface area contributed by atoms with Gasteiger partial charge < -0.3 is 49.2 Å². The number of aromatic carboxylic acids is 1. The predicted molar refractivity (Wildman–Crippen MR) is 122 cm³/mol.